The Morgan fingerprint density at radius 3 is 2.38 bits per heavy atom. The standard InChI is InChI=1S/C23H28F2N4O2S/c1-14(2)15-12-26-23(27-13-15)28-7-4-16(5-8-28)29-9-6-19(22(29)30)31-20-10-18(25)21(32-3)11-17(20)24/h10-14,16,19H,4-9H2,1-3H3. The van der Waals surface area contributed by atoms with Gasteiger partial charge in [-0.2, -0.15) is 0 Å². The van der Waals surface area contributed by atoms with Crippen molar-refractivity contribution in [1.82, 2.24) is 14.9 Å². The van der Waals surface area contributed by atoms with Crippen LogP contribution in [0.3, 0.4) is 0 Å². The van der Waals surface area contributed by atoms with Crippen molar-refractivity contribution in [3.8, 4) is 5.75 Å². The Morgan fingerprint density at radius 1 is 1.06 bits per heavy atom. The van der Waals surface area contributed by atoms with Crippen LogP contribution in [0.5, 0.6) is 5.75 Å². The molecule has 0 aliphatic carbocycles. The number of nitrogens with zero attached hydrogens (tertiary/aromatic N) is 4. The van der Waals surface area contributed by atoms with Crippen LogP contribution < -0.4 is 9.64 Å². The number of likely N-dealkylation sites (tertiary alicyclic amines) is 1. The monoisotopic (exact) mass is 462 g/mol. The van der Waals surface area contributed by atoms with Crippen LogP contribution in [0.25, 0.3) is 0 Å². The van der Waals surface area contributed by atoms with Gasteiger partial charge in [0.05, 0.1) is 0 Å². The second kappa shape index (κ2) is 9.60. The quantitative estimate of drug-likeness (QED) is 0.599. The van der Waals surface area contributed by atoms with Gasteiger partial charge in [-0.25, -0.2) is 18.7 Å². The molecule has 0 spiro atoms. The number of rotatable bonds is 6. The van der Waals surface area contributed by atoms with Crippen LogP contribution in [0.2, 0.25) is 0 Å². The van der Waals surface area contributed by atoms with E-state index in [0.29, 0.717) is 24.8 Å². The van der Waals surface area contributed by atoms with Gasteiger partial charge in [-0.05, 0) is 36.6 Å². The number of hydrogen-bond acceptors (Lipinski definition) is 6. The van der Waals surface area contributed by atoms with Gasteiger partial charge in [-0.15, -0.1) is 11.8 Å². The number of carbonyl (C=O) groups is 1. The highest BCUT2D eigenvalue weighted by Crippen LogP contribution is 2.31. The first-order valence-electron chi connectivity index (χ1n) is 10.9. The highest BCUT2D eigenvalue weighted by molar-refractivity contribution is 7.98. The number of amides is 1. The van der Waals surface area contributed by atoms with Crippen LogP contribution in [-0.2, 0) is 4.79 Å². The minimum Gasteiger partial charge on any atom is -0.477 e. The number of anilines is 1. The molecular formula is C23H28F2N4O2S. The largest absolute Gasteiger partial charge is 0.477 e. The number of benzene rings is 1. The Bertz CT molecular complexity index is 965. The zero-order valence-corrected chi connectivity index (χ0v) is 19.4. The third-order valence-electron chi connectivity index (χ3n) is 6.18. The van der Waals surface area contributed by atoms with Crippen LogP contribution in [0, 0.1) is 11.6 Å². The van der Waals surface area contributed by atoms with Gasteiger partial charge >= 0.3 is 0 Å². The first kappa shape index (κ1) is 22.8. The summed E-state index contributed by atoms with van der Waals surface area (Å²) in [7, 11) is 0. The number of thioether (sulfide) groups is 1. The summed E-state index contributed by atoms with van der Waals surface area (Å²) in [5.41, 5.74) is 1.11. The van der Waals surface area contributed by atoms with Crippen LogP contribution in [-0.4, -0.2) is 58.8 Å². The van der Waals surface area contributed by atoms with E-state index < -0.39 is 17.7 Å². The lowest BCUT2D eigenvalue weighted by Crippen LogP contribution is -2.47. The molecule has 1 atom stereocenters. The van der Waals surface area contributed by atoms with Gasteiger partial charge in [0, 0.05) is 55.5 Å². The van der Waals surface area contributed by atoms with Gasteiger partial charge in [0.25, 0.3) is 5.91 Å². The zero-order chi connectivity index (χ0) is 22.8. The first-order valence-corrected chi connectivity index (χ1v) is 12.2. The smallest absolute Gasteiger partial charge is 0.263 e. The number of piperidine rings is 1. The van der Waals surface area contributed by atoms with E-state index in [4.69, 9.17) is 4.74 Å². The molecule has 0 saturated carbocycles. The topological polar surface area (TPSA) is 58.6 Å². The fourth-order valence-electron chi connectivity index (χ4n) is 4.23. The van der Waals surface area contributed by atoms with Crippen molar-refractivity contribution in [2.45, 2.75) is 56.1 Å². The van der Waals surface area contributed by atoms with E-state index >= 15 is 0 Å². The normalized spacial score (nSPS) is 19.8. The molecular weight excluding hydrogens is 434 g/mol. The van der Waals surface area contributed by atoms with Crippen molar-refractivity contribution in [2.24, 2.45) is 0 Å². The molecule has 4 rings (SSSR count). The second-order valence-corrected chi connectivity index (χ2v) is 9.38. The average Bonchev–Trinajstić information content (AvgIpc) is 3.16. The molecule has 172 valence electrons. The molecule has 9 heteroatoms. The van der Waals surface area contributed by atoms with Crippen molar-refractivity contribution in [3.05, 3.63) is 41.7 Å². The van der Waals surface area contributed by atoms with Crippen molar-refractivity contribution < 1.29 is 18.3 Å². The Morgan fingerprint density at radius 2 is 1.75 bits per heavy atom. The summed E-state index contributed by atoms with van der Waals surface area (Å²) < 4.78 is 33.9. The predicted molar refractivity (Wildman–Crippen MR) is 120 cm³/mol. The number of ether oxygens (including phenoxy) is 1. The minimum atomic E-state index is -0.783. The number of halogens is 2. The maximum atomic E-state index is 14.3. The number of aromatic nitrogens is 2. The zero-order valence-electron chi connectivity index (χ0n) is 18.6. The fraction of sp³-hybridized carbons (Fsp3) is 0.522. The maximum Gasteiger partial charge on any atom is 0.263 e. The molecule has 1 aromatic heterocycles. The highest BCUT2D eigenvalue weighted by atomic mass is 32.2. The molecule has 2 aliphatic heterocycles. The SMILES string of the molecule is CSc1cc(F)c(OC2CCN(C3CCN(c4ncc(C(C)C)cn4)CC3)C2=O)cc1F. The third-order valence-corrected chi connectivity index (χ3v) is 6.93. The lowest BCUT2D eigenvalue weighted by atomic mass is 10.0. The number of carbonyl (C=O) groups excluding carboxylic acids is 1. The second-order valence-electron chi connectivity index (χ2n) is 8.53. The first-order chi connectivity index (χ1) is 15.4. The lowest BCUT2D eigenvalue weighted by Gasteiger charge is -2.36. The molecule has 2 aromatic rings. The van der Waals surface area contributed by atoms with Gasteiger partial charge in [-0.1, -0.05) is 13.8 Å². The van der Waals surface area contributed by atoms with Gasteiger partial charge in [0.1, 0.15) is 5.82 Å². The Balaban J connectivity index is 1.34. The molecule has 0 bridgehead atoms. The Labute approximate surface area is 191 Å². The maximum absolute atomic E-state index is 14.3. The van der Waals surface area contributed by atoms with Crippen molar-refractivity contribution in [1.29, 1.82) is 0 Å². The summed E-state index contributed by atoms with van der Waals surface area (Å²) in [4.78, 5) is 26.1. The summed E-state index contributed by atoms with van der Waals surface area (Å²) in [6, 6.07) is 2.24. The molecule has 6 nitrogen and oxygen atoms in total. The number of hydrogen-bond donors (Lipinski definition) is 0. The molecule has 2 saturated heterocycles. The highest BCUT2D eigenvalue weighted by Gasteiger charge is 2.39. The summed E-state index contributed by atoms with van der Waals surface area (Å²) >= 11 is 1.12. The van der Waals surface area contributed by atoms with Crippen LogP contribution in [0.1, 0.15) is 44.6 Å². The average molecular weight is 463 g/mol. The van der Waals surface area contributed by atoms with E-state index in [-0.39, 0.29) is 22.6 Å². The lowest BCUT2D eigenvalue weighted by molar-refractivity contribution is -0.135. The van der Waals surface area contributed by atoms with E-state index in [2.05, 4.69) is 28.7 Å². The molecule has 0 radical (unpaired) electrons. The molecule has 1 aromatic carbocycles. The summed E-state index contributed by atoms with van der Waals surface area (Å²) in [6.45, 7) is 6.30. The summed E-state index contributed by atoms with van der Waals surface area (Å²) in [6.07, 6.45) is 6.71. The van der Waals surface area contributed by atoms with E-state index in [9.17, 15) is 13.6 Å². The van der Waals surface area contributed by atoms with Crippen molar-refractivity contribution in [2.75, 3.05) is 30.8 Å². The molecule has 1 unspecified atom stereocenters. The van der Waals surface area contributed by atoms with Gasteiger partial charge < -0.3 is 14.5 Å². The van der Waals surface area contributed by atoms with E-state index in [0.717, 1.165) is 55.4 Å². The van der Waals surface area contributed by atoms with Gasteiger partial charge in [0.15, 0.2) is 17.7 Å². The summed E-state index contributed by atoms with van der Waals surface area (Å²) in [5, 5.41) is 0. The Hall–Kier alpha value is -2.42. The van der Waals surface area contributed by atoms with E-state index in [1.165, 1.54) is 0 Å². The predicted octanol–water partition coefficient (Wildman–Crippen LogP) is 4.25. The molecule has 2 fully saturated rings. The van der Waals surface area contributed by atoms with Crippen molar-refractivity contribution in [3.63, 3.8) is 0 Å². The molecule has 1 amide bonds. The molecule has 3 heterocycles. The fourth-order valence-corrected chi connectivity index (χ4v) is 4.70. The molecule has 0 N–H and O–H groups in total. The Kier molecular flexibility index (Phi) is 6.83. The van der Waals surface area contributed by atoms with Gasteiger partial charge in [-0.3, -0.25) is 4.79 Å². The third kappa shape index (κ3) is 4.67. The van der Waals surface area contributed by atoms with E-state index in [1.807, 2.05) is 17.3 Å². The summed E-state index contributed by atoms with van der Waals surface area (Å²) in [5.74, 6) is -0.467. The molecule has 2 aliphatic rings. The van der Waals surface area contributed by atoms with Gasteiger partial charge in [0.2, 0.25) is 5.95 Å². The molecule has 32 heavy (non-hydrogen) atoms. The van der Waals surface area contributed by atoms with Crippen LogP contribution >= 0.6 is 11.8 Å². The van der Waals surface area contributed by atoms with Crippen molar-refractivity contribution >= 4 is 23.6 Å². The van der Waals surface area contributed by atoms with E-state index in [1.54, 1.807) is 6.26 Å². The van der Waals surface area contributed by atoms with Crippen LogP contribution in [0.4, 0.5) is 14.7 Å². The minimum absolute atomic E-state index is 0.0998. The van der Waals surface area contributed by atoms with Crippen LogP contribution in [0.15, 0.2) is 29.4 Å².